The molecule has 0 aliphatic carbocycles. The fourth-order valence-electron chi connectivity index (χ4n) is 3.27. The van der Waals surface area contributed by atoms with E-state index in [1.807, 2.05) is 0 Å². The number of nitrogens with zero attached hydrogens (tertiary/aromatic N) is 2. The Morgan fingerprint density at radius 1 is 1.14 bits per heavy atom. The fraction of sp³-hybridized carbons (Fsp3) is 0.217. The molecule has 1 aliphatic heterocycles. The van der Waals surface area contributed by atoms with E-state index in [0.717, 1.165) is 17.3 Å². The molecule has 1 aliphatic rings. The standard InChI is InChI=1S/C23H22N4O7S2/c1-33-17-10-9-14(12-18(17)34-2)13-19-22(30)26(23(35)36-19)11-5-8-20(28)24-25-21(29)15-6-3-4-7-16(15)27(31)32/h3-4,6-7,9-10,12-13H,5,8,11H2,1-2H3,(H,24,28)(H,25,29). The van der Waals surface area contributed by atoms with Crippen LogP contribution in [0.5, 0.6) is 11.5 Å². The molecule has 3 amide bonds. The summed E-state index contributed by atoms with van der Waals surface area (Å²) in [5, 5.41) is 11.0. The lowest BCUT2D eigenvalue weighted by molar-refractivity contribution is -0.385. The molecule has 2 aromatic carbocycles. The largest absolute Gasteiger partial charge is 0.493 e. The molecule has 2 aromatic rings. The maximum Gasteiger partial charge on any atom is 0.282 e. The summed E-state index contributed by atoms with van der Waals surface area (Å²) in [6.45, 7) is 0.208. The third kappa shape index (κ3) is 6.37. The van der Waals surface area contributed by atoms with Gasteiger partial charge in [0.15, 0.2) is 11.5 Å². The van der Waals surface area contributed by atoms with Crippen LogP contribution in [0.2, 0.25) is 0 Å². The monoisotopic (exact) mass is 530 g/mol. The first-order valence-electron chi connectivity index (χ1n) is 10.5. The number of thioether (sulfide) groups is 1. The summed E-state index contributed by atoms with van der Waals surface area (Å²) >= 11 is 6.48. The molecule has 0 radical (unpaired) electrons. The van der Waals surface area contributed by atoms with Gasteiger partial charge in [-0.05, 0) is 36.3 Å². The van der Waals surface area contributed by atoms with Crippen LogP contribution in [0.15, 0.2) is 47.4 Å². The molecular weight excluding hydrogens is 508 g/mol. The van der Waals surface area contributed by atoms with Gasteiger partial charge in [0.05, 0.1) is 24.0 Å². The van der Waals surface area contributed by atoms with Crippen LogP contribution in [0.4, 0.5) is 5.69 Å². The van der Waals surface area contributed by atoms with Gasteiger partial charge in [-0.1, -0.05) is 42.2 Å². The SMILES string of the molecule is COc1ccc(C=C2SC(=S)N(CCCC(=O)NNC(=O)c3ccccc3[N+](=O)[O-])C2=O)cc1OC. The number of carbonyl (C=O) groups excluding carboxylic acids is 3. The normalized spacial score (nSPS) is 14.1. The van der Waals surface area contributed by atoms with Crippen LogP contribution in [0.1, 0.15) is 28.8 Å². The van der Waals surface area contributed by atoms with Crippen LogP contribution in [-0.4, -0.2) is 52.6 Å². The number of nitrogens with one attached hydrogen (secondary N) is 2. The Labute approximate surface area is 215 Å². The van der Waals surface area contributed by atoms with Gasteiger partial charge in [-0.2, -0.15) is 0 Å². The smallest absolute Gasteiger partial charge is 0.282 e. The second-order valence-electron chi connectivity index (χ2n) is 7.33. The van der Waals surface area contributed by atoms with Gasteiger partial charge < -0.3 is 9.47 Å². The van der Waals surface area contributed by atoms with E-state index in [4.69, 9.17) is 21.7 Å². The Hall–Kier alpha value is -3.97. The van der Waals surface area contributed by atoms with Crippen molar-refractivity contribution in [2.45, 2.75) is 12.8 Å². The van der Waals surface area contributed by atoms with Gasteiger partial charge in [-0.15, -0.1) is 0 Å². The molecule has 0 bridgehead atoms. The number of ether oxygens (including phenoxy) is 2. The molecule has 0 saturated carbocycles. The number of thiocarbonyl (C=S) groups is 1. The molecule has 0 unspecified atom stereocenters. The summed E-state index contributed by atoms with van der Waals surface area (Å²) in [7, 11) is 3.06. The summed E-state index contributed by atoms with van der Waals surface area (Å²) in [4.78, 5) is 49.3. The molecule has 13 heteroatoms. The number of methoxy groups -OCH3 is 2. The van der Waals surface area contributed by atoms with E-state index in [9.17, 15) is 24.5 Å². The van der Waals surface area contributed by atoms with Crippen molar-refractivity contribution < 1.29 is 28.8 Å². The van der Waals surface area contributed by atoms with Crippen LogP contribution in [0.3, 0.4) is 0 Å². The van der Waals surface area contributed by atoms with Crippen LogP contribution in [0, 0.1) is 10.1 Å². The average Bonchev–Trinajstić information content (AvgIpc) is 3.14. The Morgan fingerprint density at radius 3 is 2.56 bits per heavy atom. The Balaban J connectivity index is 1.52. The van der Waals surface area contributed by atoms with E-state index in [1.165, 1.54) is 43.4 Å². The molecule has 1 fully saturated rings. The lowest BCUT2D eigenvalue weighted by atomic mass is 10.2. The van der Waals surface area contributed by atoms with Crippen LogP contribution in [-0.2, 0) is 9.59 Å². The lowest BCUT2D eigenvalue weighted by Crippen LogP contribution is -2.42. The molecule has 0 atom stereocenters. The number of hydrogen-bond donors (Lipinski definition) is 2. The summed E-state index contributed by atoms with van der Waals surface area (Å²) in [6.07, 6.45) is 1.97. The third-order valence-corrected chi connectivity index (χ3v) is 6.40. The third-order valence-electron chi connectivity index (χ3n) is 5.03. The number of hydrogen-bond acceptors (Lipinski definition) is 9. The van der Waals surface area contributed by atoms with Crippen molar-refractivity contribution in [1.29, 1.82) is 0 Å². The zero-order chi connectivity index (χ0) is 26.2. The highest BCUT2D eigenvalue weighted by Gasteiger charge is 2.31. The Bertz CT molecular complexity index is 1250. The molecule has 1 heterocycles. The molecule has 2 N–H and O–H groups in total. The number of amides is 3. The topological polar surface area (TPSA) is 140 Å². The van der Waals surface area contributed by atoms with Crippen molar-refractivity contribution in [2.24, 2.45) is 0 Å². The summed E-state index contributed by atoms with van der Waals surface area (Å²) in [5.41, 5.74) is 4.56. The zero-order valence-corrected chi connectivity index (χ0v) is 20.9. The second kappa shape index (κ2) is 12.1. The molecule has 1 saturated heterocycles. The van der Waals surface area contributed by atoms with Crippen molar-refractivity contribution in [3.8, 4) is 11.5 Å². The quantitative estimate of drug-likeness (QED) is 0.217. The zero-order valence-electron chi connectivity index (χ0n) is 19.3. The highest BCUT2D eigenvalue weighted by Crippen LogP contribution is 2.34. The number of rotatable bonds is 9. The van der Waals surface area contributed by atoms with Crippen molar-refractivity contribution >= 4 is 57.8 Å². The van der Waals surface area contributed by atoms with Crippen molar-refractivity contribution in [2.75, 3.05) is 20.8 Å². The van der Waals surface area contributed by atoms with Gasteiger partial charge in [0.1, 0.15) is 9.88 Å². The number of carbonyl (C=O) groups is 3. The van der Waals surface area contributed by atoms with Crippen LogP contribution >= 0.6 is 24.0 Å². The molecule has 188 valence electrons. The Kier molecular flexibility index (Phi) is 8.97. The van der Waals surface area contributed by atoms with Gasteiger partial charge >= 0.3 is 0 Å². The number of nitro groups is 1. The van der Waals surface area contributed by atoms with Crippen molar-refractivity contribution in [1.82, 2.24) is 15.8 Å². The number of para-hydroxylation sites is 1. The van der Waals surface area contributed by atoms with E-state index < -0.39 is 16.7 Å². The van der Waals surface area contributed by atoms with Crippen LogP contribution in [0.25, 0.3) is 6.08 Å². The Morgan fingerprint density at radius 2 is 1.86 bits per heavy atom. The molecule has 3 rings (SSSR count). The van der Waals surface area contributed by atoms with Gasteiger partial charge in [0, 0.05) is 19.0 Å². The number of hydrazine groups is 1. The van der Waals surface area contributed by atoms with E-state index >= 15 is 0 Å². The van der Waals surface area contributed by atoms with Crippen molar-refractivity contribution in [3.05, 3.63) is 68.6 Å². The highest BCUT2D eigenvalue weighted by atomic mass is 32.2. The number of benzene rings is 2. The van der Waals surface area contributed by atoms with E-state index in [0.29, 0.717) is 20.7 Å². The fourth-order valence-corrected chi connectivity index (χ4v) is 4.57. The minimum atomic E-state index is -0.812. The highest BCUT2D eigenvalue weighted by molar-refractivity contribution is 8.26. The first-order valence-corrected chi connectivity index (χ1v) is 11.8. The van der Waals surface area contributed by atoms with E-state index in [-0.39, 0.29) is 36.5 Å². The van der Waals surface area contributed by atoms with E-state index in [1.54, 1.807) is 24.3 Å². The molecule has 11 nitrogen and oxygen atoms in total. The maximum absolute atomic E-state index is 12.8. The van der Waals surface area contributed by atoms with Gasteiger partial charge in [-0.25, -0.2) is 0 Å². The predicted molar refractivity (Wildman–Crippen MR) is 137 cm³/mol. The average molecular weight is 531 g/mol. The van der Waals surface area contributed by atoms with Gasteiger partial charge in [0.2, 0.25) is 5.91 Å². The summed E-state index contributed by atoms with van der Waals surface area (Å²) in [6, 6.07) is 10.7. The minimum Gasteiger partial charge on any atom is -0.493 e. The van der Waals surface area contributed by atoms with E-state index in [2.05, 4.69) is 10.9 Å². The molecular formula is C23H22N4O7S2. The molecule has 0 spiro atoms. The summed E-state index contributed by atoms with van der Waals surface area (Å²) < 4.78 is 10.9. The number of nitro benzene ring substituents is 1. The van der Waals surface area contributed by atoms with Gasteiger partial charge in [0.25, 0.3) is 17.5 Å². The minimum absolute atomic E-state index is 0.0110. The molecule has 0 aromatic heterocycles. The first kappa shape index (κ1) is 26.6. The second-order valence-corrected chi connectivity index (χ2v) is 9.00. The maximum atomic E-state index is 12.8. The van der Waals surface area contributed by atoms with Gasteiger partial charge in [-0.3, -0.25) is 40.2 Å². The van der Waals surface area contributed by atoms with Crippen molar-refractivity contribution in [3.63, 3.8) is 0 Å². The predicted octanol–water partition coefficient (Wildman–Crippen LogP) is 3.05. The first-order chi connectivity index (χ1) is 17.2. The molecule has 36 heavy (non-hydrogen) atoms. The van der Waals surface area contributed by atoms with Crippen LogP contribution < -0.4 is 20.3 Å². The summed E-state index contributed by atoms with van der Waals surface area (Å²) in [5.74, 6) is -0.508. The lowest BCUT2D eigenvalue weighted by Gasteiger charge is -2.14.